The van der Waals surface area contributed by atoms with E-state index in [1.54, 1.807) is 16.3 Å². The van der Waals surface area contributed by atoms with Crippen LogP contribution in [0.25, 0.3) is 0 Å². The number of carbonyl (C=O) groups excluding carboxylic acids is 3. The summed E-state index contributed by atoms with van der Waals surface area (Å²) in [5.74, 6) is -2.58. The Morgan fingerprint density at radius 1 is 1.14 bits per heavy atom. The molecule has 1 saturated heterocycles. The van der Waals surface area contributed by atoms with Crippen molar-refractivity contribution >= 4 is 39.9 Å². The van der Waals surface area contributed by atoms with Gasteiger partial charge in [0.15, 0.2) is 5.13 Å². The summed E-state index contributed by atoms with van der Waals surface area (Å²) in [6, 6.07) is 11.2. The van der Waals surface area contributed by atoms with Gasteiger partial charge in [0.2, 0.25) is 5.91 Å². The molecule has 1 aliphatic rings. The number of amides is 2. The van der Waals surface area contributed by atoms with Crippen molar-refractivity contribution in [1.82, 2.24) is 9.88 Å². The number of hydrogen-bond donors (Lipinski definition) is 0. The largest absolute Gasteiger partial charge is 0.459 e. The van der Waals surface area contributed by atoms with Gasteiger partial charge in [-0.15, -0.1) is 11.3 Å². The van der Waals surface area contributed by atoms with Gasteiger partial charge in [-0.25, -0.2) is 13.8 Å². The summed E-state index contributed by atoms with van der Waals surface area (Å²) in [5, 5.41) is 1.91. The number of anilines is 2. The van der Waals surface area contributed by atoms with E-state index in [0.717, 1.165) is 11.3 Å². The average molecular weight is 500 g/mol. The van der Waals surface area contributed by atoms with E-state index in [4.69, 9.17) is 4.74 Å². The Morgan fingerprint density at radius 2 is 1.89 bits per heavy atom. The van der Waals surface area contributed by atoms with Crippen LogP contribution in [0.3, 0.4) is 0 Å². The molecule has 1 fully saturated rings. The average Bonchev–Trinajstić information content (AvgIpc) is 3.32. The fourth-order valence-electron chi connectivity index (χ4n) is 3.90. The van der Waals surface area contributed by atoms with Crippen LogP contribution in [-0.2, 0) is 20.9 Å². The van der Waals surface area contributed by atoms with Crippen molar-refractivity contribution in [3.05, 3.63) is 76.8 Å². The molecule has 0 unspecified atom stereocenters. The molecule has 2 heterocycles. The molecule has 0 radical (unpaired) electrons. The molecule has 1 aromatic heterocycles. The lowest BCUT2D eigenvalue weighted by Crippen LogP contribution is -2.42. The molecule has 0 spiro atoms. The number of para-hydroxylation sites is 1. The maximum absolute atomic E-state index is 14.2. The minimum Gasteiger partial charge on any atom is -0.459 e. The Morgan fingerprint density at radius 3 is 2.60 bits per heavy atom. The fraction of sp³-hybridized carbons (Fsp3) is 0.280. The molecule has 4 rings (SSSR count). The lowest BCUT2D eigenvalue weighted by atomic mass is 9.97. The predicted molar refractivity (Wildman–Crippen MR) is 126 cm³/mol. The molecule has 2 amide bonds. The quantitative estimate of drug-likeness (QED) is 0.460. The van der Waals surface area contributed by atoms with Gasteiger partial charge in [0.05, 0.1) is 17.3 Å². The molecule has 1 atom stereocenters. The summed E-state index contributed by atoms with van der Waals surface area (Å²) in [6.45, 7) is 1.92. The summed E-state index contributed by atoms with van der Waals surface area (Å²) < 4.78 is 32.8. The third kappa shape index (κ3) is 5.71. The first kappa shape index (κ1) is 24.5. The van der Waals surface area contributed by atoms with Gasteiger partial charge in [-0.1, -0.05) is 12.1 Å². The van der Waals surface area contributed by atoms with E-state index in [2.05, 4.69) is 4.98 Å². The van der Waals surface area contributed by atoms with E-state index in [-0.39, 0.29) is 29.9 Å². The number of rotatable bonds is 6. The lowest BCUT2D eigenvalue weighted by Gasteiger charge is -2.31. The highest BCUT2D eigenvalue weighted by Crippen LogP contribution is 2.31. The number of benzene rings is 2. The lowest BCUT2D eigenvalue weighted by molar-refractivity contribution is -0.151. The van der Waals surface area contributed by atoms with Crippen LogP contribution in [0.2, 0.25) is 0 Å². The first-order valence-electron chi connectivity index (χ1n) is 11.0. The summed E-state index contributed by atoms with van der Waals surface area (Å²) in [6.07, 6.45) is 1.23. The highest BCUT2D eigenvalue weighted by atomic mass is 32.1. The number of nitrogens with zero attached hydrogens (tertiary/aromatic N) is 3. The Kier molecular flexibility index (Phi) is 7.50. The zero-order valence-electron chi connectivity index (χ0n) is 18.9. The molecule has 35 heavy (non-hydrogen) atoms. The van der Waals surface area contributed by atoms with Gasteiger partial charge in [-0.05, 0) is 49.2 Å². The van der Waals surface area contributed by atoms with Gasteiger partial charge >= 0.3 is 5.97 Å². The molecular formula is C25H23F2N3O4S. The maximum Gasteiger partial charge on any atom is 0.311 e. The Labute approximate surface area is 204 Å². The zero-order valence-corrected chi connectivity index (χ0v) is 19.8. The van der Waals surface area contributed by atoms with Crippen molar-refractivity contribution in [1.29, 1.82) is 0 Å². The van der Waals surface area contributed by atoms with Crippen LogP contribution in [0.1, 0.15) is 35.8 Å². The summed E-state index contributed by atoms with van der Waals surface area (Å²) in [7, 11) is 0. The van der Waals surface area contributed by atoms with Crippen LogP contribution >= 0.6 is 11.3 Å². The highest BCUT2D eigenvalue weighted by molar-refractivity contribution is 7.14. The Bertz CT molecular complexity index is 1230. The predicted octanol–water partition coefficient (Wildman–Crippen LogP) is 4.70. The van der Waals surface area contributed by atoms with Crippen molar-refractivity contribution in [2.24, 2.45) is 5.92 Å². The second-order valence-corrected chi connectivity index (χ2v) is 8.97. The Balaban J connectivity index is 1.37. The molecule has 7 nitrogen and oxygen atoms in total. The van der Waals surface area contributed by atoms with Crippen molar-refractivity contribution in [2.45, 2.75) is 26.4 Å². The molecule has 0 saturated carbocycles. The van der Waals surface area contributed by atoms with Gasteiger partial charge in [-0.2, -0.15) is 0 Å². The monoisotopic (exact) mass is 499 g/mol. The molecule has 182 valence electrons. The minimum absolute atomic E-state index is 0.0889. The Hall–Kier alpha value is -3.66. The van der Waals surface area contributed by atoms with Crippen LogP contribution in [0, 0.1) is 17.6 Å². The normalized spacial score (nSPS) is 15.5. The molecule has 0 N–H and O–H groups in total. The van der Waals surface area contributed by atoms with Crippen LogP contribution in [0.5, 0.6) is 0 Å². The molecular weight excluding hydrogens is 476 g/mol. The van der Waals surface area contributed by atoms with Gasteiger partial charge in [-0.3, -0.25) is 19.3 Å². The first-order chi connectivity index (χ1) is 16.8. The number of carbonyl (C=O) groups is 3. The number of aromatic nitrogens is 1. The first-order valence-corrected chi connectivity index (χ1v) is 11.9. The van der Waals surface area contributed by atoms with Crippen LogP contribution in [0.15, 0.2) is 53.9 Å². The van der Waals surface area contributed by atoms with Gasteiger partial charge in [0, 0.05) is 31.0 Å². The molecule has 0 aliphatic carbocycles. The van der Waals surface area contributed by atoms with Crippen molar-refractivity contribution in [3.63, 3.8) is 0 Å². The van der Waals surface area contributed by atoms with Gasteiger partial charge < -0.3 is 9.64 Å². The highest BCUT2D eigenvalue weighted by Gasteiger charge is 2.30. The number of thiazole rings is 1. The van der Waals surface area contributed by atoms with Crippen molar-refractivity contribution < 1.29 is 27.9 Å². The second kappa shape index (κ2) is 10.7. The van der Waals surface area contributed by atoms with E-state index in [1.165, 1.54) is 54.3 Å². The fourth-order valence-corrected chi connectivity index (χ4v) is 4.76. The number of hydrogen-bond acceptors (Lipinski definition) is 6. The van der Waals surface area contributed by atoms with Gasteiger partial charge in [0.1, 0.15) is 18.2 Å². The topological polar surface area (TPSA) is 79.8 Å². The zero-order chi connectivity index (χ0) is 24.9. The third-order valence-electron chi connectivity index (χ3n) is 5.63. The van der Waals surface area contributed by atoms with Crippen LogP contribution in [-0.4, -0.2) is 40.8 Å². The van der Waals surface area contributed by atoms with Crippen LogP contribution < -0.4 is 4.90 Å². The number of ether oxygens (including phenoxy) is 1. The molecule has 0 bridgehead atoms. The number of esters is 1. The van der Waals surface area contributed by atoms with E-state index in [1.807, 2.05) is 0 Å². The standard InChI is InChI=1S/C25H23F2N3O4S/c1-16(31)30(22-7-3-2-6-21(22)27)25-28-20(15-35-25)14-34-24(33)18-5-4-12-29(13-18)23(32)17-8-10-19(26)11-9-17/h2-3,6-11,15,18H,4-5,12-14H2,1H3/t18-/m0/s1. The summed E-state index contributed by atoms with van der Waals surface area (Å²) >= 11 is 1.14. The van der Waals surface area contributed by atoms with Crippen LogP contribution in [0.4, 0.5) is 19.6 Å². The maximum atomic E-state index is 14.2. The van der Waals surface area contributed by atoms with E-state index >= 15 is 0 Å². The SMILES string of the molecule is CC(=O)N(c1nc(COC(=O)[C@H]2CCCN(C(=O)c3ccc(F)cc3)C2)cs1)c1ccccc1F. The summed E-state index contributed by atoms with van der Waals surface area (Å²) in [4.78, 5) is 44.7. The smallest absolute Gasteiger partial charge is 0.311 e. The summed E-state index contributed by atoms with van der Waals surface area (Å²) in [5.41, 5.74) is 0.877. The van der Waals surface area contributed by atoms with Crippen molar-refractivity contribution in [2.75, 3.05) is 18.0 Å². The molecule has 10 heteroatoms. The van der Waals surface area contributed by atoms with E-state index in [0.29, 0.717) is 30.6 Å². The minimum atomic E-state index is -0.553. The van der Waals surface area contributed by atoms with Crippen molar-refractivity contribution in [3.8, 4) is 0 Å². The third-order valence-corrected chi connectivity index (χ3v) is 6.51. The second-order valence-electron chi connectivity index (χ2n) is 8.13. The number of likely N-dealkylation sites (tertiary alicyclic amines) is 1. The molecule has 1 aliphatic heterocycles. The van der Waals surface area contributed by atoms with E-state index < -0.39 is 29.4 Å². The van der Waals surface area contributed by atoms with E-state index in [9.17, 15) is 23.2 Å². The number of halogens is 2. The molecule has 3 aromatic rings. The number of piperidine rings is 1. The molecule has 2 aromatic carbocycles. The van der Waals surface area contributed by atoms with Gasteiger partial charge in [0.25, 0.3) is 5.91 Å².